The van der Waals surface area contributed by atoms with Crippen LogP contribution in [0.1, 0.15) is 25.3 Å². The fourth-order valence-electron chi connectivity index (χ4n) is 2.98. The Kier molecular flexibility index (Phi) is 6.32. The van der Waals surface area contributed by atoms with E-state index in [9.17, 15) is 17.2 Å². The van der Waals surface area contributed by atoms with Crippen molar-refractivity contribution in [3.8, 4) is 5.75 Å². The first-order chi connectivity index (χ1) is 13.3. The third kappa shape index (κ3) is 4.87. The van der Waals surface area contributed by atoms with E-state index in [1.54, 1.807) is 31.4 Å². The van der Waals surface area contributed by atoms with Gasteiger partial charge in [0.1, 0.15) is 28.4 Å². The van der Waals surface area contributed by atoms with E-state index >= 15 is 0 Å². The fraction of sp³-hybridized carbons (Fsp3) is 0.400. The summed E-state index contributed by atoms with van der Waals surface area (Å²) in [4.78, 5) is -0.512. The highest BCUT2D eigenvalue weighted by Gasteiger charge is 2.39. The molecule has 0 heterocycles. The Bertz CT molecular complexity index is 932. The monoisotopic (exact) mass is 411 g/mol. The Morgan fingerprint density at radius 1 is 1.18 bits per heavy atom. The number of sulfonamides is 1. The number of halogens is 2. The molecule has 1 fully saturated rings. The van der Waals surface area contributed by atoms with Gasteiger partial charge in [-0.3, -0.25) is 0 Å². The van der Waals surface area contributed by atoms with Crippen molar-refractivity contribution in [2.45, 2.75) is 43.4 Å². The normalized spacial score (nSPS) is 15.6. The van der Waals surface area contributed by atoms with E-state index in [-0.39, 0.29) is 18.7 Å². The maximum atomic E-state index is 14.1. The Hall–Kier alpha value is -2.03. The zero-order valence-electron chi connectivity index (χ0n) is 15.8. The predicted molar refractivity (Wildman–Crippen MR) is 101 cm³/mol. The molecule has 1 aliphatic rings. The fourth-order valence-corrected chi connectivity index (χ4v) is 4.70. The lowest BCUT2D eigenvalue weighted by Gasteiger charge is -2.23. The first kappa shape index (κ1) is 20.7. The lowest BCUT2D eigenvalue weighted by Crippen LogP contribution is -2.33. The Balaban J connectivity index is 1.84. The van der Waals surface area contributed by atoms with Crippen molar-refractivity contribution in [1.82, 2.24) is 4.31 Å². The van der Waals surface area contributed by atoms with Crippen molar-refractivity contribution in [3.05, 3.63) is 59.7 Å². The van der Waals surface area contributed by atoms with Crippen LogP contribution in [0.25, 0.3) is 0 Å². The van der Waals surface area contributed by atoms with Gasteiger partial charge in [-0.25, -0.2) is 17.2 Å². The number of nitrogens with zero attached hydrogens (tertiary/aromatic N) is 1. The number of hydrogen-bond donors (Lipinski definition) is 0. The minimum atomic E-state index is -4.10. The van der Waals surface area contributed by atoms with Crippen LogP contribution in [0.3, 0.4) is 0 Å². The van der Waals surface area contributed by atoms with E-state index in [2.05, 4.69) is 0 Å². The summed E-state index contributed by atoms with van der Waals surface area (Å²) in [6.07, 6.45) is 1.27. The molecule has 0 aliphatic heterocycles. The van der Waals surface area contributed by atoms with Gasteiger partial charge in [0.2, 0.25) is 10.0 Å². The summed E-state index contributed by atoms with van der Waals surface area (Å²) < 4.78 is 65.4. The van der Waals surface area contributed by atoms with E-state index in [4.69, 9.17) is 9.47 Å². The largest absolute Gasteiger partial charge is 0.488 e. The molecule has 0 saturated heterocycles. The van der Waals surface area contributed by atoms with Crippen LogP contribution in [0.2, 0.25) is 0 Å². The van der Waals surface area contributed by atoms with Gasteiger partial charge in [-0.2, -0.15) is 4.31 Å². The molecule has 3 rings (SSSR count). The number of benzene rings is 2. The third-order valence-electron chi connectivity index (χ3n) is 4.41. The van der Waals surface area contributed by atoms with E-state index in [1.807, 2.05) is 6.92 Å². The van der Waals surface area contributed by atoms with E-state index < -0.39 is 26.6 Å². The van der Waals surface area contributed by atoms with Gasteiger partial charge in [-0.15, -0.1) is 0 Å². The van der Waals surface area contributed by atoms with Crippen LogP contribution in [-0.4, -0.2) is 38.6 Å². The van der Waals surface area contributed by atoms with Gasteiger partial charge in [-0.05, 0) is 49.6 Å². The molecule has 1 atom stereocenters. The van der Waals surface area contributed by atoms with Crippen molar-refractivity contribution in [1.29, 1.82) is 0 Å². The van der Waals surface area contributed by atoms with Crippen LogP contribution < -0.4 is 4.74 Å². The molecular formula is C20H23F2NO4S. The molecule has 0 amide bonds. The van der Waals surface area contributed by atoms with Gasteiger partial charge < -0.3 is 9.47 Å². The second-order valence-corrected chi connectivity index (χ2v) is 8.75. The number of ether oxygens (including phenoxy) is 2. The van der Waals surface area contributed by atoms with E-state index in [0.717, 1.165) is 17.7 Å². The highest BCUT2D eigenvalue weighted by Crippen LogP contribution is 2.34. The molecule has 1 aliphatic carbocycles. The molecule has 28 heavy (non-hydrogen) atoms. The Labute approximate surface area is 163 Å². The van der Waals surface area contributed by atoms with Gasteiger partial charge >= 0.3 is 0 Å². The van der Waals surface area contributed by atoms with Gasteiger partial charge in [-0.1, -0.05) is 12.1 Å². The van der Waals surface area contributed by atoms with E-state index in [0.29, 0.717) is 31.3 Å². The van der Waals surface area contributed by atoms with Crippen molar-refractivity contribution in [2.75, 3.05) is 13.7 Å². The molecule has 2 aromatic carbocycles. The Morgan fingerprint density at radius 3 is 2.57 bits per heavy atom. The maximum absolute atomic E-state index is 14.1. The quantitative estimate of drug-likeness (QED) is 0.631. The van der Waals surface area contributed by atoms with Crippen molar-refractivity contribution in [3.63, 3.8) is 0 Å². The van der Waals surface area contributed by atoms with Crippen LogP contribution in [0.15, 0.2) is 47.4 Å². The van der Waals surface area contributed by atoms with Crippen LogP contribution in [0.4, 0.5) is 8.78 Å². The lowest BCUT2D eigenvalue weighted by atomic mass is 10.2. The predicted octanol–water partition coefficient (Wildman–Crippen LogP) is 3.73. The molecule has 0 bridgehead atoms. The summed E-state index contributed by atoms with van der Waals surface area (Å²) in [5.41, 5.74) is 0.722. The highest BCUT2D eigenvalue weighted by molar-refractivity contribution is 7.89. The molecule has 0 N–H and O–H groups in total. The molecule has 152 valence electrons. The number of methoxy groups -OCH3 is 1. The minimum absolute atomic E-state index is 0.0830. The van der Waals surface area contributed by atoms with Crippen LogP contribution in [-0.2, 0) is 21.3 Å². The Morgan fingerprint density at radius 2 is 1.93 bits per heavy atom. The van der Waals surface area contributed by atoms with Gasteiger partial charge in [0.15, 0.2) is 0 Å². The van der Waals surface area contributed by atoms with E-state index in [1.165, 1.54) is 4.31 Å². The lowest BCUT2D eigenvalue weighted by molar-refractivity contribution is 0.0920. The standard InChI is InChI=1S/C20H23F2NO4S/c1-14(13-26-2)27-18-5-3-4-15(10-18)12-23(17-7-8-17)28(24,25)20-9-6-16(21)11-19(20)22/h3-6,9-11,14,17H,7-8,12-13H2,1-2H3. The van der Waals surface area contributed by atoms with Crippen LogP contribution in [0, 0.1) is 11.6 Å². The second-order valence-electron chi connectivity index (χ2n) is 6.89. The summed E-state index contributed by atoms with van der Waals surface area (Å²) >= 11 is 0. The molecule has 1 saturated carbocycles. The first-order valence-corrected chi connectivity index (χ1v) is 10.5. The number of rotatable bonds is 9. The van der Waals surface area contributed by atoms with Crippen LogP contribution in [0.5, 0.6) is 5.75 Å². The average molecular weight is 411 g/mol. The topological polar surface area (TPSA) is 55.8 Å². The zero-order chi connectivity index (χ0) is 20.3. The minimum Gasteiger partial charge on any atom is -0.488 e. The summed E-state index contributed by atoms with van der Waals surface area (Å²) in [5.74, 6) is -1.30. The summed E-state index contributed by atoms with van der Waals surface area (Å²) in [5, 5.41) is 0. The molecule has 0 spiro atoms. The average Bonchev–Trinajstić information content (AvgIpc) is 3.44. The smallest absolute Gasteiger partial charge is 0.246 e. The third-order valence-corrected chi connectivity index (χ3v) is 6.34. The second kappa shape index (κ2) is 8.55. The number of hydrogen-bond acceptors (Lipinski definition) is 4. The van der Waals surface area contributed by atoms with Crippen molar-refractivity contribution < 1.29 is 26.7 Å². The SMILES string of the molecule is COCC(C)Oc1cccc(CN(C2CC2)S(=O)(=O)c2ccc(F)cc2F)c1. The molecule has 5 nitrogen and oxygen atoms in total. The summed E-state index contributed by atoms with van der Waals surface area (Å²) in [6.45, 7) is 2.38. The van der Waals surface area contributed by atoms with Gasteiger partial charge in [0, 0.05) is 25.8 Å². The zero-order valence-corrected chi connectivity index (χ0v) is 16.6. The van der Waals surface area contributed by atoms with Gasteiger partial charge in [0.05, 0.1) is 6.61 Å². The molecule has 8 heteroatoms. The van der Waals surface area contributed by atoms with Crippen molar-refractivity contribution >= 4 is 10.0 Å². The first-order valence-electron chi connectivity index (χ1n) is 9.02. The van der Waals surface area contributed by atoms with Crippen LogP contribution >= 0.6 is 0 Å². The summed E-state index contributed by atoms with van der Waals surface area (Å²) in [6, 6.07) is 9.44. The molecule has 0 aromatic heterocycles. The van der Waals surface area contributed by atoms with Crippen molar-refractivity contribution in [2.24, 2.45) is 0 Å². The molecule has 2 aromatic rings. The van der Waals surface area contributed by atoms with Gasteiger partial charge in [0.25, 0.3) is 0 Å². The molecule has 1 unspecified atom stereocenters. The molecule has 0 radical (unpaired) electrons. The summed E-state index contributed by atoms with van der Waals surface area (Å²) in [7, 11) is -2.51. The highest BCUT2D eigenvalue weighted by atomic mass is 32.2. The molecular weight excluding hydrogens is 388 g/mol. The maximum Gasteiger partial charge on any atom is 0.246 e.